The van der Waals surface area contributed by atoms with Gasteiger partial charge in [0.25, 0.3) is 0 Å². The molecule has 0 amide bonds. The first-order chi connectivity index (χ1) is 12.2. The number of esters is 1. The Morgan fingerprint density at radius 1 is 0.885 bits per heavy atom. The lowest BCUT2D eigenvalue weighted by atomic mass is 10.1. The van der Waals surface area contributed by atoms with E-state index >= 15 is 0 Å². The Morgan fingerprint density at radius 3 is 1.77 bits per heavy atom. The molecule has 0 aliphatic carbocycles. The fourth-order valence-corrected chi connectivity index (χ4v) is 1.89. The zero-order valence-electron chi connectivity index (χ0n) is 13.8. The van der Waals surface area contributed by atoms with E-state index in [1.807, 2.05) is 0 Å². The zero-order valence-corrected chi connectivity index (χ0v) is 13.8. The SMILES string of the molecule is CCOC(=O)Cc1cc(F)ccc1F.O=C(O)Cc1cc(F)ccc1F. The van der Waals surface area contributed by atoms with Crippen LogP contribution in [0.1, 0.15) is 18.1 Å². The summed E-state index contributed by atoms with van der Waals surface area (Å²) < 4.78 is 55.4. The second kappa shape index (κ2) is 10.2. The molecule has 0 heterocycles. The summed E-state index contributed by atoms with van der Waals surface area (Å²) in [5.41, 5.74) is -0.119. The number of rotatable bonds is 5. The van der Waals surface area contributed by atoms with E-state index in [9.17, 15) is 27.2 Å². The summed E-state index contributed by atoms with van der Waals surface area (Å²) in [6.45, 7) is 1.88. The molecule has 2 rings (SSSR count). The molecule has 0 saturated heterocycles. The predicted molar refractivity (Wildman–Crippen MR) is 84.4 cm³/mol. The van der Waals surface area contributed by atoms with Gasteiger partial charge in [-0.15, -0.1) is 0 Å². The minimum atomic E-state index is -1.18. The van der Waals surface area contributed by atoms with Crippen LogP contribution >= 0.6 is 0 Å². The van der Waals surface area contributed by atoms with Crippen molar-refractivity contribution in [3.8, 4) is 0 Å². The van der Waals surface area contributed by atoms with E-state index in [1.54, 1.807) is 6.92 Å². The Hall–Kier alpha value is -2.90. The Bertz CT molecular complexity index is 778. The van der Waals surface area contributed by atoms with Crippen molar-refractivity contribution in [1.29, 1.82) is 0 Å². The van der Waals surface area contributed by atoms with Crippen molar-refractivity contribution >= 4 is 11.9 Å². The van der Waals surface area contributed by atoms with Crippen LogP contribution in [0.15, 0.2) is 36.4 Å². The number of carboxylic acid groups (broad SMARTS) is 1. The highest BCUT2D eigenvalue weighted by Gasteiger charge is 2.09. The number of carbonyl (C=O) groups is 2. The molecule has 1 N–H and O–H groups in total. The third-order valence-electron chi connectivity index (χ3n) is 3.00. The van der Waals surface area contributed by atoms with Gasteiger partial charge in [0, 0.05) is 11.1 Å². The highest BCUT2D eigenvalue weighted by Crippen LogP contribution is 2.11. The lowest BCUT2D eigenvalue weighted by Crippen LogP contribution is -2.09. The number of aliphatic carboxylic acids is 1. The molecule has 0 fully saturated rings. The van der Waals surface area contributed by atoms with E-state index in [0.29, 0.717) is 0 Å². The minimum Gasteiger partial charge on any atom is -0.481 e. The van der Waals surface area contributed by atoms with Crippen LogP contribution in [0.3, 0.4) is 0 Å². The Labute approximate surface area is 147 Å². The Kier molecular flexibility index (Phi) is 8.27. The molecule has 0 aliphatic rings. The molecule has 0 aromatic heterocycles. The van der Waals surface area contributed by atoms with Crippen molar-refractivity contribution in [2.24, 2.45) is 0 Å². The smallest absolute Gasteiger partial charge is 0.310 e. The van der Waals surface area contributed by atoms with E-state index in [2.05, 4.69) is 4.74 Å². The topological polar surface area (TPSA) is 63.6 Å². The Morgan fingerprint density at radius 2 is 1.35 bits per heavy atom. The van der Waals surface area contributed by atoms with Gasteiger partial charge >= 0.3 is 11.9 Å². The van der Waals surface area contributed by atoms with E-state index in [1.165, 1.54) is 0 Å². The van der Waals surface area contributed by atoms with Crippen LogP contribution in [0, 0.1) is 23.3 Å². The van der Waals surface area contributed by atoms with Gasteiger partial charge in [0.05, 0.1) is 19.4 Å². The molecule has 0 radical (unpaired) electrons. The summed E-state index contributed by atoms with van der Waals surface area (Å²) in [4.78, 5) is 21.1. The van der Waals surface area contributed by atoms with Crippen LogP contribution in [0.25, 0.3) is 0 Å². The number of benzene rings is 2. The van der Waals surface area contributed by atoms with E-state index in [-0.39, 0.29) is 24.2 Å². The van der Waals surface area contributed by atoms with E-state index in [4.69, 9.17) is 5.11 Å². The maximum atomic E-state index is 13.0. The first-order valence-electron chi connectivity index (χ1n) is 7.48. The molecule has 2 aromatic carbocycles. The predicted octanol–water partition coefficient (Wildman–Crippen LogP) is 3.66. The van der Waals surface area contributed by atoms with Gasteiger partial charge in [-0.3, -0.25) is 9.59 Å². The number of carbonyl (C=O) groups excluding carboxylic acids is 1. The molecule has 8 heteroatoms. The molecule has 0 spiro atoms. The minimum absolute atomic E-state index is 0.0171. The normalized spacial score (nSPS) is 9.88. The molecular formula is C18H16F4O4. The maximum Gasteiger partial charge on any atom is 0.310 e. The van der Waals surface area contributed by atoms with Crippen LogP contribution in [0.5, 0.6) is 0 Å². The van der Waals surface area contributed by atoms with E-state index in [0.717, 1.165) is 36.4 Å². The van der Waals surface area contributed by atoms with Crippen molar-refractivity contribution in [3.05, 3.63) is 70.8 Å². The lowest BCUT2D eigenvalue weighted by molar-refractivity contribution is -0.142. The summed E-state index contributed by atoms with van der Waals surface area (Å²) in [7, 11) is 0. The van der Waals surface area contributed by atoms with Gasteiger partial charge in [-0.25, -0.2) is 17.6 Å². The first kappa shape index (κ1) is 21.1. The molecule has 140 valence electrons. The number of hydrogen-bond acceptors (Lipinski definition) is 3. The van der Waals surface area contributed by atoms with Gasteiger partial charge < -0.3 is 9.84 Å². The van der Waals surface area contributed by atoms with Crippen LogP contribution in [0.4, 0.5) is 17.6 Å². The molecule has 0 atom stereocenters. The molecule has 0 aliphatic heterocycles. The van der Waals surface area contributed by atoms with Gasteiger partial charge in [-0.2, -0.15) is 0 Å². The average Bonchev–Trinajstić information content (AvgIpc) is 2.55. The van der Waals surface area contributed by atoms with Crippen molar-refractivity contribution in [2.45, 2.75) is 19.8 Å². The number of carboxylic acids is 1. The summed E-state index contributed by atoms with van der Waals surface area (Å²) >= 11 is 0. The first-order valence-corrected chi connectivity index (χ1v) is 7.48. The van der Waals surface area contributed by atoms with Gasteiger partial charge in [-0.05, 0) is 43.3 Å². The zero-order chi connectivity index (χ0) is 19.7. The van der Waals surface area contributed by atoms with Gasteiger partial charge in [0.1, 0.15) is 23.3 Å². The van der Waals surface area contributed by atoms with Gasteiger partial charge in [-0.1, -0.05) is 0 Å². The summed E-state index contributed by atoms with van der Waals surface area (Å²) in [6, 6.07) is 5.72. The van der Waals surface area contributed by atoms with E-state index < -0.39 is 41.6 Å². The average molecular weight is 372 g/mol. The molecule has 0 unspecified atom stereocenters. The third kappa shape index (κ3) is 7.33. The van der Waals surface area contributed by atoms with Crippen molar-refractivity contribution in [1.82, 2.24) is 0 Å². The van der Waals surface area contributed by atoms with Crippen molar-refractivity contribution in [2.75, 3.05) is 6.61 Å². The fourth-order valence-electron chi connectivity index (χ4n) is 1.89. The molecule has 4 nitrogen and oxygen atoms in total. The Balaban J connectivity index is 0.000000263. The second-order valence-electron chi connectivity index (χ2n) is 5.02. The molecular weight excluding hydrogens is 356 g/mol. The number of ether oxygens (including phenoxy) is 1. The fraction of sp³-hybridized carbons (Fsp3) is 0.222. The molecule has 0 saturated carbocycles. The van der Waals surface area contributed by atoms with Crippen LogP contribution < -0.4 is 0 Å². The summed E-state index contributed by atoms with van der Waals surface area (Å²) in [5.74, 6) is -4.23. The lowest BCUT2D eigenvalue weighted by Gasteiger charge is -2.03. The van der Waals surface area contributed by atoms with Gasteiger partial charge in [0.15, 0.2) is 0 Å². The highest BCUT2D eigenvalue weighted by molar-refractivity contribution is 5.72. The van der Waals surface area contributed by atoms with Crippen molar-refractivity contribution < 1.29 is 37.0 Å². The highest BCUT2D eigenvalue weighted by atomic mass is 19.1. The summed E-state index contributed by atoms with van der Waals surface area (Å²) in [6.07, 6.45) is -0.735. The van der Waals surface area contributed by atoms with Crippen LogP contribution in [-0.4, -0.2) is 23.7 Å². The standard InChI is InChI=1S/C10H10F2O2.C8H6F2O2/c1-2-14-10(13)6-7-5-8(11)3-4-9(7)12;9-6-1-2-7(10)5(3-6)4-8(11)12/h3-5H,2,6H2,1H3;1-3H,4H2,(H,11,12). The maximum absolute atomic E-state index is 13.0. The largest absolute Gasteiger partial charge is 0.481 e. The molecule has 0 bridgehead atoms. The molecule has 26 heavy (non-hydrogen) atoms. The van der Waals surface area contributed by atoms with Crippen LogP contribution in [-0.2, 0) is 27.2 Å². The summed E-state index contributed by atoms with van der Waals surface area (Å²) in [5, 5.41) is 8.29. The number of hydrogen-bond donors (Lipinski definition) is 1. The molecule has 2 aromatic rings. The number of halogens is 4. The third-order valence-corrected chi connectivity index (χ3v) is 3.00. The second-order valence-corrected chi connectivity index (χ2v) is 5.02. The van der Waals surface area contributed by atoms with Crippen LogP contribution in [0.2, 0.25) is 0 Å². The van der Waals surface area contributed by atoms with Gasteiger partial charge in [0.2, 0.25) is 0 Å². The monoisotopic (exact) mass is 372 g/mol. The quantitative estimate of drug-likeness (QED) is 0.643. The van der Waals surface area contributed by atoms with Crippen molar-refractivity contribution in [3.63, 3.8) is 0 Å².